The van der Waals surface area contributed by atoms with E-state index in [1.807, 2.05) is 7.05 Å². The van der Waals surface area contributed by atoms with Gasteiger partial charge in [-0.15, -0.1) is 0 Å². The number of rotatable bonds is 6. The third kappa shape index (κ3) is 9.36. The molecular formula is C30H51N. The van der Waals surface area contributed by atoms with Crippen molar-refractivity contribution in [2.75, 3.05) is 13.6 Å². The summed E-state index contributed by atoms with van der Waals surface area (Å²) in [6, 6.07) is 0. The third-order valence-corrected chi connectivity index (χ3v) is 6.53. The molecule has 0 aromatic carbocycles. The largest absolute Gasteiger partial charge is 0.320 e. The molecule has 0 bridgehead atoms. The van der Waals surface area contributed by atoms with Crippen LogP contribution in [0.15, 0.2) is 58.7 Å². The lowest BCUT2D eigenvalue weighted by Crippen LogP contribution is -2.22. The maximum Gasteiger partial charge on any atom is 0.0207 e. The molecule has 0 aromatic rings. The van der Waals surface area contributed by atoms with Crippen molar-refractivity contribution >= 4 is 0 Å². The molecule has 3 rings (SSSR count). The summed E-state index contributed by atoms with van der Waals surface area (Å²) < 4.78 is 0. The third-order valence-electron chi connectivity index (χ3n) is 6.53. The van der Waals surface area contributed by atoms with Crippen LogP contribution in [0.25, 0.3) is 0 Å². The molecule has 0 radical (unpaired) electrons. The second-order valence-electron chi connectivity index (χ2n) is 9.32. The highest BCUT2D eigenvalue weighted by atomic mass is 14.8. The van der Waals surface area contributed by atoms with Crippen LogP contribution < -0.4 is 5.32 Å². The molecule has 31 heavy (non-hydrogen) atoms. The van der Waals surface area contributed by atoms with E-state index in [4.69, 9.17) is 0 Å². The molecule has 1 nitrogen and oxygen atoms in total. The van der Waals surface area contributed by atoms with Gasteiger partial charge in [-0.05, 0) is 86.7 Å². The Bertz CT molecular complexity index is 635. The second kappa shape index (κ2) is 16.3. The van der Waals surface area contributed by atoms with E-state index in [1.54, 1.807) is 5.57 Å². The normalized spacial score (nSPS) is 21.6. The zero-order valence-corrected chi connectivity index (χ0v) is 21.8. The Morgan fingerprint density at radius 3 is 2.19 bits per heavy atom. The molecule has 0 spiro atoms. The van der Waals surface area contributed by atoms with Gasteiger partial charge in [-0.2, -0.15) is 0 Å². The minimum absolute atomic E-state index is 0.478. The van der Waals surface area contributed by atoms with E-state index in [0.717, 1.165) is 24.8 Å². The number of hydrogen-bond acceptors (Lipinski definition) is 1. The Kier molecular flexibility index (Phi) is 14.6. The summed E-state index contributed by atoms with van der Waals surface area (Å²) >= 11 is 0. The highest BCUT2D eigenvalue weighted by Crippen LogP contribution is 2.42. The molecule has 0 aliphatic heterocycles. The number of fused-ring (bicyclic) bond motifs is 1. The van der Waals surface area contributed by atoms with Crippen LogP contribution in [0.2, 0.25) is 0 Å². The molecule has 0 saturated heterocycles. The first-order valence-corrected chi connectivity index (χ1v) is 13.2. The van der Waals surface area contributed by atoms with Crippen molar-refractivity contribution in [2.24, 2.45) is 17.8 Å². The van der Waals surface area contributed by atoms with Crippen LogP contribution in [-0.4, -0.2) is 13.6 Å². The molecule has 0 aromatic heterocycles. The summed E-state index contributed by atoms with van der Waals surface area (Å²) in [7, 11) is 1.96. The lowest BCUT2D eigenvalue weighted by atomic mass is 9.71. The first-order valence-electron chi connectivity index (χ1n) is 13.2. The highest BCUT2D eigenvalue weighted by Gasteiger charge is 2.28. The van der Waals surface area contributed by atoms with E-state index in [-0.39, 0.29) is 0 Å². The van der Waals surface area contributed by atoms with Crippen molar-refractivity contribution in [3.05, 3.63) is 58.7 Å². The Hall–Kier alpha value is -1.34. The highest BCUT2D eigenvalue weighted by molar-refractivity contribution is 5.51. The lowest BCUT2D eigenvalue weighted by molar-refractivity contribution is 0.271. The Balaban J connectivity index is 0.000000519. The summed E-state index contributed by atoms with van der Waals surface area (Å²) in [5.41, 5.74) is 6.08. The summed E-state index contributed by atoms with van der Waals surface area (Å²) in [5.74, 6) is 2.16. The van der Waals surface area contributed by atoms with E-state index in [0.29, 0.717) is 5.92 Å². The van der Waals surface area contributed by atoms with Crippen LogP contribution >= 0.6 is 0 Å². The lowest BCUT2D eigenvalue weighted by Gasteiger charge is -2.34. The van der Waals surface area contributed by atoms with Crippen LogP contribution in [0.3, 0.4) is 0 Å². The first kappa shape index (κ1) is 27.7. The summed E-state index contributed by atoms with van der Waals surface area (Å²) in [6.45, 7) is 14.5. The SMILES string of the molecule is CCC.CCC1=CC=CC2C=C(C(CC)C3CCCCC3)C(C)=CC2=C1.CCCNC. The van der Waals surface area contributed by atoms with Gasteiger partial charge >= 0.3 is 0 Å². The second-order valence-corrected chi connectivity index (χ2v) is 9.32. The van der Waals surface area contributed by atoms with Crippen LogP contribution in [0.4, 0.5) is 0 Å². The zero-order valence-electron chi connectivity index (χ0n) is 21.8. The van der Waals surface area contributed by atoms with Gasteiger partial charge in [0, 0.05) is 5.92 Å². The zero-order chi connectivity index (χ0) is 23.1. The van der Waals surface area contributed by atoms with Gasteiger partial charge in [0.2, 0.25) is 0 Å². The molecule has 2 atom stereocenters. The van der Waals surface area contributed by atoms with Crippen molar-refractivity contribution in [3.63, 3.8) is 0 Å². The van der Waals surface area contributed by atoms with E-state index < -0.39 is 0 Å². The van der Waals surface area contributed by atoms with Crippen molar-refractivity contribution in [1.82, 2.24) is 5.32 Å². The monoisotopic (exact) mass is 425 g/mol. The maximum absolute atomic E-state index is 3.02. The predicted molar refractivity (Wildman–Crippen MR) is 141 cm³/mol. The molecule has 1 N–H and O–H groups in total. The Morgan fingerprint density at radius 1 is 1.00 bits per heavy atom. The van der Waals surface area contributed by atoms with Gasteiger partial charge < -0.3 is 5.32 Å². The molecule has 1 fully saturated rings. The van der Waals surface area contributed by atoms with Crippen LogP contribution in [0.1, 0.15) is 99.3 Å². The van der Waals surface area contributed by atoms with E-state index in [2.05, 4.69) is 83.3 Å². The van der Waals surface area contributed by atoms with Gasteiger partial charge in [-0.25, -0.2) is 0 Å². The van der Waals surface area contributed by atoms with Crippen molar-refractivity contribution in [3.8, 4) is 0 Å². The van der Waals surface area contributed by atoms with Crippen LogP contribution in [0.5, 0.6) is 0 Å². The summed E-state index contributed by atoms with van der Waals surface area (Å²) in [4.78, 5) is 0. The van der Waals surface area contributed by atoms with Crippen LogP contribution in [0, 0.1) is 17.8 Å². The predicted octanol–water partition coefficient (Wildman–Crippen LogP) is 8.96. The molecule has 3 aliphatic rings. The van der Waals surface area contributed by atoms with Gasteiger partial charge in [0.05, 0.1) is 0 Å². The quantitative estimate of drug-likeness (QED) is 0.447. The average molecular weight is 426 g/mol. The summed E-state index contributed by atoms with van der Waals surface area (Å²) in [5, 5.41) is 3.02. The molecule has 3 aliphatic carbocycles. The summed E-state index contributed by atoms with van der Waals surface area (Å²) in [6.07, 6.45) is 26.5. The molecule has 0 amide bonds. The van der Waals surface area contributed by atoms with Crippen molar-refractivity contribution < 1.29 is 0 Å². The van der Waals surface area contributed by atoms with Crippen LogP contribution in [-0.2, 0) is 0 Å². The van der Waals surface area contributed by atoms with Gasteiger partial charge in [-0.3, -0.25) is 0 Å². The number of nitrogens with one attached hydrogen (secondary N) is 1. The van der Waals surface area contributed by atoms with E-state index >= 15 is 0 Å². The molecule has 176 valence electrons. The Morgan fingerprint density at radius 2 is 1.68 bits per heavy atom. The van der Waals surface area contributed by atoms with E-state index in [9.17, 15) is 0 Å². The average Bonchev–Trinajstić information content (AvgIpc) is 2.98. The molecule has 1 saturated carbocycles. The number of allylic oxidation sites excluding steroid dienone is 10. The smallest absolute Gasteiger partial charge is 0.0207 e. The molecule has 1 heteroatoms. The minimum Gasteiger partial charge on any atom is -0.320 e. The molecular weight excluding hydrogens is 374 g/mol. The van der Waals surface area contributed by atoms with Gasteiger partial charge in [0.15, 0.2) is 0 Å². The maximum atomic E-state index is 3.02. The number of hydrogen-bond donors (Lipinski definition) is 1. The Labute approximate surface area is 194 Å². The first-order chi connectivity index (χ1) is 15.1. The van der Waals surface area contributed by atoms with Gasteiger partial charge in [0.25, 0.3) is 0 Å². The molecule has 0 heterocycles. The minimum atomic E-state index is 0.478. The fourth-order valence-corrected chi connectivity index (χ4v) is 4.95. The van der Waals surface area contributed by atoms with Gasteiger partial charge in [0.1, 0.15) is 0 Å². The van der Waals surface area contributed by atoms with Crippen molar-refractivity contribution in [1.29, 1.82) is 0 Å². The van der Waals surface area contributed by atoms with Crippen molar-refractivity contribution in [2.45, 2.75) is 99.3 Å². The molecule has 2 unspecified atom stereocenters. The topological polar surface area (TPSA) is 12.0 Å². The fourth-order valence-electron chi connectivity index (χ4n) is 4.95. The standard InChI is InChI=1S/C23H32.C4H11N.C3H8/c1-4-18-10-9-13-20-16-23(17(3)14-21(20)15-18)22(5-2)19-11-7-6-8-12-19;1-3-4-5-2;1-3-2/h9-10,13-16,19-20,22H,4-8,11-12H2,1-3H3;5H,3-4H2,1-2H3;3H2,1-2H3. The fraction of sp³-hybridized carbons (Fsp3) is 0.667. The van der Waals surface area contributed by atoms with Gasteiger partial charge in [-0.1, -0.05) is 96.8 Å². The van der Waals surface area contributed by atoms with E-state index in [1.165, 1.54) is 68.1 Å².